The molecule has 10 heavy (non-hydrogen) atoms. The summed E-state index contributed by atoms with van der Waals surface area (Å²) in [5.41, 5.74) is 0. The number of hydrogen-bond acceptors (Lipinski definition) is 2. The van der Waals surface area contributed by atoms with E-state index in [2.05, 4.69) is 4.74 Å². The van der Waals surface area contributed by atoms with E-state index < -0.39 is 9.90 Å². The highest BCUT2D eigenvalue weighted by molar-refractivity contribution is 6.51. The normalized spacial score (nSPS) is 14.4. The fourth-order valence-corrected chi connectivity index (χ4v) is 0.808. The number of ether oxygens (including phenoxy) is 1. The van der Waals surface area contributed by atoms with Gasteiger partial charge in [0.1, 0.15) is 5.38 Å². The van der Waals surface area contributed by atoms with E-state index in [1.807, 2.05) is 0 Å². The molecule has 0 aliphatic heterocycles. The summed E-state index contributed by atoms with van der Waals surface area (Å²) in [4.78, 5) is 9.79. The van der Waals surface area contributed by atoms with Gasteiger partial charge >= 0.3 is 0 Å². The molecule has 0 aromatic carbocycles. The highest BCUT2D eigenvalue weighted by Gasteiger charge is 2.34. The Hall–Kier alpha value is 0.340. The number of hydrogen-bond donors (Lipinski definition) is 0. The standard InChI is InChI=1S/C5H7Cl3O2/c1-2-4(6)5(7,8)10-3-9/h3-4H,2H2,1H3. The summed E-state index contributed by atoms with van der Waals surface area (Å²) in [6.07, 6.45) is 0.530. The predicted molar refractivity (Wildman–Crippen MR) is 41.5 cm³/mol. The van der Waals surface area contributed by atoms with Gasteiger partial charge in [0.05, 0.1) is 0 Å². The Morgan fingerprint density at radius 1 is 1.70 bits per heavy atom. The highest BCUT2D eigenvalue weighted by atomic mass is 35.5. The van der Waals surface area contributed by atoms with Crippen LogP contribution in [0.3, 0.4) is 0 Å². The minimum absolute atomic E-state index is 0.172. The van der Waals surface area contributed by atoms with Crippen molar-refractivity contribution in [2.24, 2.45) is 0 Å². The Morgan fingerprint density at radius 2 is 2.20 bits per heavy atom. The molecule has 0 bridgehead atoms. The van der Waals surface area contributed by atoms with Crippen molar-refractivity contribution in [2.75, 3.05) is 0 Å². The van der Waals surface area contributed by atoms with Gasteiger partial charge in [0, 0.05) is 0 Å². The quantitative estimate of drug-likeness (QED) is 0.520. The van der Waals surface area contributed by atoms with Gasteiger partial charge in [-0.25, -0.2) is 0 Å². The van der Waals surface area contributed by atoms with Crippen LogP contribution in [-0.2, 0) is 9.53 Å². The molecule has 0 aliphatic rings. The molecular weight excluding hydrogens is 198 g/mol. The van der Waals surface area contributed by atoms with Gasteiger partial charge in [-0.3, -0.25) is 4.79 Å². The number of halogens is 3. The number of rotatable bonds is 4. The molecule has 0 amide bonds. The van der Waals surface area contributed by atoms with E-state index >= 15 is 0 Å². The van der Waals surface area contributed by atoms with Crippen molar-refractivity contribution in [1.82, 2.24) is 0 Å². The van der Waals surface area contributed by atoms with Gasteiger partial charge in [-0.2, -0.15) is 0 Å². The highest BCUT2D eigenvalue weighted by Crippen LogP contribution is 2.31. The van der Waals surface area contributed by atoms with Crippen LogP contribution < -0.4 is 0 Å². The molecule has 5 heteroatoms. The van der Waals surface area contributed by atoms with Crippen LogP contribution in [0.4, 0.5) is 0 Å². The monoisotopic (exact) mass is 204 g/mol. The van der Waals surface area contributed by atoms with E-state index in [0.717, 1.165) is 0 Å². The van der Waals surface area contributed by atoms with E-state index in [4.69, 9.17) is 34.8 Å². The molecule has 0 saturated heterocycles. The lowest BCUT2D eigenvalue weighted by molar-refractivity contribution is -0.132. The van der Waals surface area contributed by atoms with Crippen molar-refractivity contribution in [1.29, 1.82) is 0 Å². The Bertz CT molecular complexity index is 115. The maximum Gasteiger partial charge on any atom is 0.295 e. The number of carbonyl (C=O) groups excluding carboxylic acids is 1. The van der Waals surface area contributed by atoms with Gasteiger partial charge in [-0.1, -0.05) is 30.1 Å². The largest absolute Gasteiger partial charge is 0.429 e. The third-order valence-corrected chi connectivity index (χ3v) is 2.47. The lowest BCUT2D eigenvalue weighted by atomic mass is 10.3. The van der Waals surface area contributed by atoms with E-state index in [9.17, 15) is 4.79 Å². The first kappa shape index (κ1) is 10.3. The predicted octanol–water partition coefficient (Wildman–Crippen LogP) is 2.31. The van der Waals surface area contributed by atoms with Crippen molar-refractivity contribution < 1.29 is 9.53 Å². The summed E-state index contributed by atoms with van der Waals surface area (Å²) < 4.78 is 2.70. The van der Waals surface area contributed by atoms with Gasteiger partial charge in [0.2, 0.25) is 0 Å². The number of alkyl halides is 3. The first-order chi connectivity index (χ1) is 4.54. The van der Waals surface area contributed by atoms with Crippen LogP contribution in [0.15, 0.2) is 0 Å². The molecule has 0 N–H and O–H groups in total. The summed E-state index contributed by atoms with van der Waals surface area (Å²) >= 11 is 16.5. The molecule has 2 nitrogen and oxygen atoms in total. The van der Waals surface area contributed by atoms with Gasteiger partial charge in [-0.05, 0) is 6.42 Å². The lowest BCUT2D eigenvalue weighted by Gasteiger charge is -2.21. The van der Waals surface area contributed by atoms with Crippen LogP contribution in [0, 0.1) is 0 Å². The molecular formula is C5H7Cl3O2. The van der Waals surface area contributed by atoms with Crippen LogP contribution in [0.2, 0.25) is 0 Å². The third kappa shape index (κ3) is 2.95. The van der Waals surface area contributed by atoms with Gasteiger partial charge < -0.3 is 4.74 Å². The minimum Gasteiger partial charge on any atom is -0.429 e. The molecule has 1 atom stereocenters. The Balaban J connectivity index is 3.94. The molecule has 0 rings (SSSR count). The second-order valence-corrected chi connectivity index (χ2v) is 3.49. The molecule has 1 unspecified atom stereocenters. The van der Waals surface area contributed by atoms with Crippen LogP contribution in [0.25, 0.3) is 0 Å². The van der Waals surface area contributed by atoms with Crippen LogP contribution >= 0.6 is 34.8 Å². The van der Waals surface area contributed by atoms with Crippen molar-refractivity contribution in [3.05, 3.63) is 0 Å². The maximum atomic E-state index is 9.79. The second-order valence-electron chi connectivity index (χ2n) is 1.65. The zero-order valence-electron chi connectivity index (χ0n) is 5.31. The fraction of sp³-hybridized carbons (Fsp3) is 0.800. The zero-order valence-corrected chi connectivity index (χ0v) is 7.58. The smallest absolute Gasteiger partial charge is 0.295 e. The van der Waals surface area contributed by atoms with E-state index in [1.165, 1.54) is 0 Å². The summed E-state index contributed by atoms with van der Waals surface area (Å²) in [6.45, 7) is 1.95. The molecule has 0 saturated carbocycles. The molecule has 0 spiro atoms. The van der Waals surface area contributed by atoms with Gasteiger partial charge in [-0.15, -0.1) is 11.6 Å². The van der Waals surface area contributed by atoms with Crippen molar-refractivity contribution in [2.45, 2.75) is 23.2 Å². The van der Waals surface area contributed by atoms with E-state index in [-0.39, 0.29) is 6.47 Å². The Morgan fingerprint density at radius 3 is 2.50 bits per heavy atom. The third-order valence-electron chi connectivity index (χ3n) is 0.928. The summed E-state index contributed by atoms with van der Waals surface area (Å²) in [7, 11) is 0. The van der Waals surface area contributed by atoms with Crippen LogP contribution in [0.5, 0.6) is 0 Å². The van der Waals surface area contributed by atoms with Crippen LogP contribution in [0.1, 0.15) is 13.3 Å². The summed E-state index contributed by atoms with van der Waals surface area (Å²) in [6, 6.07) is 0. The molecule has 0 radical (unpaired) electrons. The lowest BCUT2D eigenvalue weighted by Crippen LogP contribution is -2.28. The first-order valence-electron chi connectivity index (χ1n) is 2.68. The Kier molecular flexibility index (Phi) is 4.41. The van der Waals surface area contributed by atoms with Crippen molar-refractivity contribution in [3.63, 3.8) is 0 Å². The first-order valence-corrected chi connectivity index (χ1v) is 3.87. The SMILES string of the molecule is CCC(Cl)C(Cl)(Cl)OC=O. The molecule has 0 aromatic rings. The molecule has 0 aliphatic carbocycles. The summed E-state index contributed by atoms with van der Waals surface area (Å²) in [5.74, 6) is 0. The van der Waals surface area contributed by atoms with Crippen LogP contribution in [-0.4, -0.2) is 16.4 Å². The van der Waals surface area contributed by atoms with E-state index in [0.29, 0.717) is 6.42 Å². The Labute approximate surface area is 74.4 Å². The van der Waals surface area contributed by atoms with E-state index in [1.54, 1.807) is 6.92 Å². The van der Waals surface area contributed by atoms with Crippen molar-refractivity contribution in [3.8, 4) is 0 Å². The van der Waals surface area contributed by atoms with Gasteiger partial charge in [0.25, 0.3) is 11.0 Å². The summed E-state index contributed by atoms with van der Waals surface area (Å²) in [5, 5.41) is -0.582. The number of carbonyl (C=O) groups is 1. The maximum absolute atomic E-state index is 9.79. The fourth-order valence-electron chi connectivity index (χ4n) is 0.376. The zero-order chi connectivity index (χ0) is 8.20. The average molecular weight is 205 g/mol. The molecule has 0 fully saturated rings. The molecule has 60 valence electrons. The molecule has 0 aromatic heterocycles. The van der Waals surface area contributed by atoms with Gasteiger partial charge in [0.15, 0.2) is 0 Å². The topological polar surface area (TPSA) is 26.3 Å². The molecule has 0 heterocycles. The minimum atomic E-state index is -1.60. The van der Waals surface area contributed by atoms with Crippen molar-refractivity contribution >= 4 is 41.3 Å². The second kappa shape index (κ2) is 4.27. The average Bonchev–Trinajstić information content (AvgIpc) is 1.86.